The fourth-order valence-corrected chi connectivity index (χ4v) is 9.47. The lowest BCUT2D eigenvalue weighted by atomic mass is 9.85. The number of benzene rings is 10. The number of furan rings is 1. The maximum Gasteiger partial charge on any atom is 0.137 e. The van der Waals surface area contributed by atoms with Gasteiger partial charge in [0.2, 0.25) is 0 Å². The van der Waals surface area contributed by atoms with Crippen molar-refractivity contribution in [2.75, 3.05) is 4.90 Å². The summed E-state index contributed by atoms with van der Waals surface area (Å²) in [5.74, 6) is 0. The Labute approximate surface area is 359 Å². The molecule has 3 nitrogen and oxygen atoms in total. The smallest absolute Gasteiger partial charge is 0.137 e. The molecule has 0 atom stereocenters. The van der Waals surface area contributed by atoms with Gasteiger partial charge >= 0.3 is 0 Å². The monoisotopic (exact) mass is 790 g/mol. The summed E-state index contributed by atoms with van der Waals surface area (Å²) >= 11 is 0. The third kappa shape index (κ3) is 6.02. The molecule has 12 rings (SSSR count). The summed E-state index contributed by atoms with van der Waals surface area (Å²) in [6.07, 6.45) is 8.28. The van der Waals surface area contributed by atoms with Crippen LogP contribution < -0.4 is 4.90 Å². The lowest BCUT2D eigenvalue weighted by molar-refractivity contribution is 0.669. The lowest BCUT2D eigenvalue weighted by Crippen LogP contribution is -2.09. The van der Waals surface area contributed by atoms with Gasteiger partial charge in [0.15, 0.2) is 0 Å². The van der Waals surface area contributed by atoms with Gasteiger partial charge in [0.1, 0.15) is 11.2 Å². The van der Waals surface area contributed by atoms with E-state index < -0.39 is 0 Å². The van der Waals surface area contributed by atoms with E-state index in [0.29, 0.717) is 0 Å². The molecule has 62 heavy (non-hydrogen) atoms. The van der Waals surface area contributed by atoms with E-state index >= 15 is 0 Å². The summed E-state index contributed by atoms with van der Waals surface area (Å²) in [6.45, 7) is 0. The highest BCUT2D eigenvalue weighted by Crippen LogP contribution is 2.45. The summed E-state index contributed by atoms with van der Waals surface area (Å²) in [5.41, 5.74) is 12.0. The third-order valence-corrected chi connectivity index (χ3v) is 12.3. The van der Waals surface area contributed by atoms with Crippen LogP contribution in [0.4, 0.5) is 17.1 Å². The predicted molar refractivity (Wildman–Crippen MR) is 262 cm³/mol. The Morgan fingerprint density at radius 2 is 0.984 bits per heavy atom. The predicted octanol–water partition coefficient (Wildman–Crippen LogP) is 16.6. The Morgan fingerprint density at radius 3 is 1.73 bits per heavy atom. The first-order valence-electron chi connectivity index (χ1n) is 21.1. The third-order valence-electron chi connectivity index (χ3n) is 12.3. The Morgan fingerprint density at radius 1 is 0.387 bits per heavy atom. The Balaban J connectivity index is 0.951. The largest absolute Gasteiger partial charge is 0.456 e. The molecular formula is C59H38N2O. The van der Waals surface area contributed by atoms with E-state index in [1.807, 2.05) is 18.5 Å². The molecule has 0 aliphatic carbocycles. The highest BCUT2D eigenvalue weighted by atomic mass is 16.3. The molecule has 0 saturated carbocycles. The van der Waals surface area contributed by atoms with Crippen LogP contribution in [-0.2, 0) is 0 Å². The molecule has 290 valence electrons. The number of pyridine rings is 1. The van der Waals surface area contributed by atoms with Crippen LogP contribution in [0.2, 0.25) is 0 Å². The molecule has 0 aliphatic rings. The summed E-state index contributed by atoms with van der Waals surface area (Å²) in [6, 6.07) is 73.9. The van der Waals surface area contributed by atoms with Crippen LogP contribution in [0.15, 0.2) is 223 Å². The normalized spacial score (nSPS) is 11.8. The van der Waals surface area contributed by atoms with Crippen LogP contribution in [0.5, 0.6) is 0 Å². The van der Waals surface area contributed by atoms with Crippen LogP contribution in [0.1, 0.15) is 11.1 Å². The van der Waals surface area contributed by atoms with Gasteiger partial charge in [-0.15, -0.1) is 0 Å². The van der Waals surface area contributed by atoms with Crippen LogP contribution in [0, 0.1) is 0 Å². The van der Waals surface area contributed by atoms with Gasteiger partial charge in [0.05, 0.1) is 0 Å². The number of hydrogen-bond donors (Lipinski definition) is 0. The van der Waals surface area contributed by atoms with E-state index in [1.54, 1.807) is 0 Å². The van der Waals surface area contributed by atoms with Gasteiger partial charge in [-0.05, 0) is 126 Å². The fraction of sp³-hybridized carbons (Fsp3) is 0. The quantitative estimate of drug-likeness (QED) is 0.119. The van der Waals surface area contributed by atoms with Gasteiger partial charge in [-0.2, -0.15) is 0 Å². The summed E-state index contributed by atoms with van der Waals surface area (Å²) in [5, 5.41) is 11.9. The molecule has 2 aromatic heterocycles. The lowest BCUT2D eigenvalue weighted by Gasteiger charge is -2.25. The Hall–Kier alpha value is -8.27. The summed E-state index contributed by atoms with van der Waals surface area (Å²) in [7, 11) is 0. The first-order chi connectivity index (χ1) is 30.7. The van der Waals surface area contributed by atoms with Crippen molar-refractivity contribution in [3.05, 3.63) is 230 Å². The van der Waals surface area contributed by atoms with E-state index in [1.165, 1.54) is 65.3 Å². The molecule has 0 unspecified atom stereocenters. The standard InChI is InChI=1S/C59H38N2O/c1-2-16-43(17-3-1)61(44-27-26-40-13-4-5-14-41(40)36-44)45-28-31-53-52-30-25-39(35-57(52)62-58(53)37-45)24-29-51-49-20-8-10-22-54(49)59(55-23-11-9-21-50(51)55)56-33-32-46(42-15-12-34-60-38-42)47-18-6-7-19-48(47)56/h1-38H/b29-24+. The first kappa shape index (κ1) is 35.7. The highest BCUT2D eigenvalue weighted by molar-refractivity contribution is 6.21. The van der Waals surface area contributed by atoms with Crippen molar-refractivity contribution >= 4 is 94.2 Å². The second-order valence-corrected chi connectivity index (χ2v) is 15.9. The van der Waals surface area contributed by atoms with Crippen molar-refractivity contribution in [2.24, 2.45) is 0 Å². The van der Waals surface area contributed by atoms with Crippen molar-refractivity contribution in [1.82, 2.24) is 4.98 Å². The highest BCUT2D eigenvalue weighted by Gasteiger charge is 2.19. The van der Waals surface area contributed by atoms with Crippen molar-refractivity contribution in [3.8, 4) is 22.3 Å². The molecule has 0 saturated heterocycles. The average Bonchev–Trinajstić information content (AvgIpc) is 3.70. The van der Waals surface area contributed by atoms with Crippen molar-refractivity contribution in [2.45, 2.75) is 0 Å². The zero-order valence-corrected chi connectivity index (χ0v) is 33.7. The fourth-order valence-electron chi connectivity index (χ4n) is 9.47. The molecule has 0 spiro atoms. The van der Waals surface area contributed by atoms with Gasteiger partial charge in [-0.25, -0.2) is 0 Å². The molecule has 0 fully saturated rings. The minimum atomic E-state index is 0.855. The second-order valence-electron chi connectivity index (χ2n) is 15.9. The van der Waals surface area contributed by atoms with Crippen molar-refractivity contribution in [3.63, 3.8) is 0 Å². The van der Waals surface area contributed by atoms with Gasteiger partial charge in [-0.1, -0.05) is 158 Å². The van der Waals surface area contributed by atoms with Gasteiger partial charge in [-0.3, -0.25) is 4.98 Å². The molecule has 10 aromatic carbocycles. The van der Waals surface area contributed by atoms with E-state index in [4.69, 9.17) is 4.42 Å². The van der Waals surface area contributed by atoms with Crippen LogP contribution in [0.25, 0.3) is 99.4 Å². The summed E-state index contributed by atoms with van der Waals surface area (Å²) < 4.78 is 6.69. The minimum Gasteiger partial charge on any atom is -0.456 e. The Bertz CT molecular complexity index is 3640. The number of aromatic nitrogens is 1. The number of anilines is 3. The SMILES string of the molecule is C(=C\c1c2ccccc2c(-c2ccc(-c3cccnc3)c3ccccc23)c2ccccc12)/c1ccc2c(c1)oc1cc(N(c3ccccc3)c3ccc4ccccc4c3)ccc12. The van der Waals surface area contributed by atoms with Crippen molar-refractivity contribution in [1.29, 1.82) is 0 Å². The van der Waals surface area contributed by atoms with Crippen LogP contribution >= 0.6 is 0 Å². The van der Waals surface area contributed by atoms with Gasteiger partial charge in [0.25, 0.3) is 0 Å². The zero-order chi connectivity index (χ0) is 41.0. The number of rotatable bonds is 7. The number of fused-ring (bicyclic) bond motifs is 7. The molecule has 0 bridgehead atoms. The summed E-state index contributed by atoms with van der Waals surface area (Å²) in [4.78, 5) is 6.72. The Kier molecular flexibility index (Phi) is 8.50. The van der Waals surface area contributed by atoms with Crippen molar-refractivity contribution < 1.29 is 4.42 Å². The zero-order valence-electron chi connectivity index (χ0n) is 33.7. The average molecular weight is 791 g/mol. The molecule has 0 N–H and O–H groups in total. The van der Waals surface area contributed by atoms with E-state index in [-0.39, 0.29) is 0 Å². The maximum absolute atomic E-state index is 6.69. The molecule has 3 heteroatoms. The van der Waals surface area contributed by atoms with E-state index in [2.05, 4.69) is 222 Å². The number of para-hydroxylation sites is 1. The molecule has 0 amide bonds. The molecular weight excluding hydrogens is 753 g/mol. The van der Waals surface area contributed by atoms with Gasteiger partial charge in [0, 0.05) is 51.9 Å². The van der Waals surface area contributed by atoms with Crippen LogP contribution in [0.3, 0.4) is 0 Å². The minimum absolute atomic E-state index is 0.855. The molecule has 2 heterocycles. The molecule has 0 radical (unpaired) electrons. The second kappa shape index (κ2) is 14.8. The topological polar surface area (TPSA) is 29.3 Å². The first-order valence-corrected chi connectivity index (χ1v) is 21.1. The van der Waals surface area contributed by atoms with E-state index in [9.17, 15) is 0 Å². The number of nitrogens with zero attached hydrogens (tertiary/aromatic N) is 2. The van der Waals surface area contributed by atoms with Crippen LogP contribution in [-0.4, -0.2) is 4.98 Å². The maximum atomic E-state index is 6.69. The number of hydrogen-bond acceptors (Lipinski definition) is 3. The molecule has 12 aromatic rings. The van der Waals surface area contributed by atoms with E-state index in [0.717, 1.165) is 50.1 Å². The molecule has 0 aliphatic heterocycles. The van der Waals surface area contributed by atoms with Gasteiger partial charge < -0.3 is 9.32 Å².